The number of hydrogen-bond donors (Lipinski definition) is 3. The van der Waals surface area contributed by atoms with Crippen molar-refractivity contribution in [3.63, 3.8) is 0 Å². The quantitative estimate of drug-likeness (QED) is 0.0243. The summed E-state index contributed by atoms with van der Waals surface area (Å²) in [4.78, 5) is 23.4. The lowest BCUT2D eigenvalue weighted by molar-refractivity contribution is -0.870. The number of allylic oxidation sites excluding steroid dienone is 15. The Kier molecular flexibility index (Phi) is 56.1. The molecular weight excluding hydrogens is 972 g/mol. The average molecular weight is 1100 g/mol. The summed E-state index contributed by atoms with van der Waals surface area (Å²) in [5.41, 5.74) is 0. The van der Waals surface area contributed by atoms with Crippen LogP contribution in [0.15, 0.2) is 97.2 Å². The van der Waals surface area contributed by atoms with Crippen LogP contribution in [0.4, 0.5) is 0 Å². The number of rotatable bonds is 58. The first-order chi connectivity index (χ1) is 37.5. The van der Waals surface area contributed by atoms with E-state index in [9.17, 15) is 19.4 Å². The smallest absolute Gasteiger partial charge is 0.387 e. The summed E-state index contributed by atoms with van der Waals surface area (Å²) in [6, 6.07) is -0.858. The zero-order chi connectivity index (χ0) is 56.3. The van der Waals surface area contributed by atoms with E-state index in [0.29, 0.717) is 17.4 Å². The predicted octanol–water partition coefficient (Wildman–Crippen LogP) is 20.2. The molecule has 0 saturated carbocycles. The van der Waals surface area contributed by atoms with Gasteiger partial charge in [0.2, 0.25) is 5.91 Å². The van der Waals surface area contributed by atoms with Crippen molar-refractivity contribution in [2.24, 2.45) is 0 Å². The third kappa shape index (κ3) is 60.9. The second-order valence-electron chi connectivity index (χ2n) is 22.8. The number of nitrogens with zero attached hydrogens (tertiary/aromatic N) is 1. The minimum Gasteiger partial charge on any atom is -0.387 e. The molecule has 0 aliphatic heterocycles. The van der Waals surface area contributed by atoms with Gasteiger partial charge in [0.05, 0.1) is 39.9 Å². The van der Waals surface area contributed by atoms with Gasteiger partial charge in [-0.1, -0.05) is 291 Å². The Balaban J connectivity index is 4.19. The number of nitrogens with one attached hydrogen (secondary N) is 1. The van der Waals surface area contributed by atoms with Gasteiger partial charge in [0.25, 0.3) is 0 Å². The van der Waals surface area contributed by atoms with Crippen LogP contribution in [0.25, 0.3) is 0 Å². The standard InChI is InChI=1S/C68H123N2O6P/c1-6-8-10-12-14-16-18-20-22-24-26-28-30-32-33-34-35-36-37-38-40-42-44-46-48-50-52-54-56-58-60-62-68(72)69-66(65-76-77(73,74)75-64-63-70(3,4)5)67(71)61-59-57-55-53-51-49-47-45-43-41-39-31-29-27-25-23-21-19-17-15-13-11-9-7-2/h8,10,14,16,20,22,26,28,32-33,35-36,38,40,59,61,66-67,71H,6-7,9,11-13,15,17-19,21,23-25,27,29-31,34,37,39,41-58,60,62-65H2,1-5H3,(H-,69,72,73,74)/p+1/b10-8-,16-14-,22-20-,28-26-,33-32-,36-35-,40-38-,61-59+. The molecule has 0 aromatic rings. The van der Waals surface area contributed by atoms with E-state index in [1.165, 1.54) is 167 Å². The van der Waals surface area contributed by atoms with Gasteiger partial charge < -0.3 is 19.8 Å². The van der Waals surface area contributed by atoms with Crippen LogP contribution in [0, 0.1) is 0 Å². The van der Waals surface area contributed by atoms with Crippen molar-refractivity contribution in [2.45, 2.75) is 289 Å². The van der Waals surface area contributed by atoms with E-state index in [0.717, 1.165) is 89.9 Å². The predicted molar refractivity (Wildman–Crippen MR) is 336 cm³/mol. The summed E-state index contributed by atoms with van der Waals surface area (Å²) in [7, 11) is 1.56. The van der Waals surface area contributed by atoms with Gasteiger partial charge in [0.1, 0.15) is 13.2 Å². The molecular formula is C68H124N2O6P+. The molecule has 0 bridgehead atoms. The Morgan fingerprint density at radius 3 is 1.14 bits per heavy atom. The second-order valence-corrected chi connectivity index (χ2v) is 24.2. The molecule has 446 valence electrons. The third-order valence-electron chi connectivity index (χ3n) is 14.1. The molecule has 0 radical (unpaired) electrons. The van der Waals surface area contributed by atoms with Crippen molar-refractivity contribution in [1.82, 2.24) is 5.32 Å². The van der Waals surface area contributed by atoms with Crippen molar-refractivity contribution in [3.05, 3.63) is 97.2 Å². The normalized spacial score (nSPS) is 14.4. The van der Waals surface area contributed by atoms with Crippen LogP contribution >= 0.6 is 7.82 Å². The molecule has 3 N–H and O–H groups in total. The fraction of sp³-hybridized carbons (Fsp3) is 0.750. The Morgan fingerprint density at radius 1 is 0.455 bits per heavy atom. The summed E-state index contributed by atoms with van der Waals surface area (Å²) < 4.78 is 23.8. The topological polar surface area (TPSA) is 105 Å². The van der Waals surface area contributed by atoms with Crippen LogP contribution in [-0.4, -0.2) is 73.4 Å². The number of phosphoric acid groups is 1. The highest BCUT2D eigenvalue weighted by Crippen LogP contribution is 2.43. The minimum absolute atomic E-state index is 0.0563. The number of unbranched alkanes of at least 4 members (excludes halogenated alkanes) is 31. The van der Waals surface area contributed by atoms with Gasteiger partial charge in [0.15, 0.2) is 0 Å². The molecule has 0 aromatic heterocycles. The summed E-state index contributed by atoms with van der Waals surface area (Å²) in [5.74, 6) is -0.184. The number of quaternary nitrogens is 1. The number of aliphatic hydroxyl groups excluding tert-OH is 1. The molecule has 0 saturated heterocycles. The maximum atomic E-state index is 13.0. The van der Waals surface area contributed by atoms with Gasteiger partial charge >= 0.3 is 7.82 Å². The van der Waals surface area contributed by atoms with Crippen molar-refractivity contribution < 1.29 is 32.9 Å². The van der Waals surface area contributed by atoms with Crippen LogP contribution in [0.3, 0.4) is 0 Å². The van der Waals surface area contributed by atoms with Crippen molar-refractivity contribution in [1.29, 1.82) is 0 Å². The van der Waals surface area contributed by atoms with E-state index in [-0.39, 0.29) is 19.1 Å². The number of hydrogen-bond acceptors (Lipinski definition) is 5. The Hall–Kier alpha value is -2.58. The van der Waals surface area contributed by atoms with E-state index < -0.39 is 20.0 Å². The number of phosphoric ester groups is 1. The molecule has 77 heavy (non-hydrogen) atoms. The summed E-state index contributed by atoms with van der Waals surface area (Å²) >= 11 is 0. The van der Waals surface area contributed by atoms with Crippen LogP contribution in [0.2, 0.25) is 0 Å². The van der Waals surface area contributed by atoms with Gasteiger partial charge in [-0.25, -0.2) is 4.57 Å². The van der Waals surface area contributed by atoms with Crippen LogP contribution in [0.1, 0.15) is 277 Å². The number of aliphatic hydroxyl groups is 1. The molecule has 9 heteroatoms. The largest absolute Gasteiger partial charge is 0.472 e. The van der Waals surface area contributed by atoms with E-state index in [2.05, 4.69) is 104 Å². The van der Waals surface area contributed by atoms with Crippen LogP contribution in [0.5, 0.6) is 0 Å². The SMILES string of the molecule is CC/C=C\C/C=C\C/C=C\C/C=C\C/C=C\C/C=C\C/C=C\CCCCCCCCCCCC(=O)NC(COP(=O)(O)OCC[N+](C)(C)C)C(O)/C=C/CCCCCCCCCCCCCCCCCCCCCCCC. The van der Waals surface area contributed by atoms with Crippen molar-refractivity contribution >= 4 is 13.7 Å². The van der Waals surface area contributed by atoms with E-state index in [1.807, 2.05) is 27.2 Å². The zero-order valence-electron chi connectivity index (χ0n) is 50.9. The first-order valence-electron chi connectivity index (χ1n) is 32.1. The first kappa shape index (κ1) is 74.4. The minimum atomic E-state index is -4.36. The Bertz CT molecular complexity index is 1570. The van der Waals surface area contributed by atoms with Gasteiger partial charge in [0, 0.05) is 6.42 Å². The van der Waals surface area contributed by atoms with Crippen LogP contribution < -0.4 is 5.32 Å². The molecule has 0 aliphatic carbocycles. The number of carbonyl (C=O) groups is 1. The monoisotopic (exact) mass is 1100 g/mol. The molecule has 3 atom stereocenters. The molecule has 0 aromatic carbocycles. The maximum absolute atomic E-state index is 13.0. The van der Waals surface area contributed by atoms with Gasteiger partial charge in [-0.05, 0) is 77.0 Å². The van der Waals surface area contributed by atoms with Gasteiger partial charge in [-0.3, -0.25) is 13.8 Å². The highest BCUT2D eigenvalue weighted by atomic mass is 31.2. The molecule has 0 heterocycles. The Labute approximate surface area is 477 Å². The van der Waals surface area contributed by atoms with E-state index >= 15 is 0 Å². The second kappa shape index (κ2) is 58.1. The zero-order valence-corrected chi connectivity index (χ0v) is 51.8. The third-order valence-corrected chi connectivity index (χ3v) is 15.0. The van der Waals surface area contributed by atoms with Crippen molar-refractivity contribution in [3.8, 4) is 0 Å². The molecule has 0 aliphatic rings. The molecule has 0 fully saturated rings. The molecule has 0 spiro atoms. The fourth-order valence-electron chi connectivity index (χ4n) is 9.08. The van der Waals surface area contributed by atoms with E-state index in [4.69, 9.17) is 9.05 Å². The molecule has 3 unspecified atom stereocenters. The summed E-state index contributed by atoms with van der Waals surface area (Å²) in [6.07, 6.45) is 83.8. The van der Waals surface area contributed by atoms with Crippen LogP contribution in [-0.2, 0) is 18.4 Å². The number of likely N-dealkylation sites (N-methyl/N-ethyl adjacent to an activating group) is 1. The fourth-order valence-corrected chi connectivity index (χ4v) is 9.82. The van der Waals surface area contributed by atoms with Gasteiger partial charge in [-0.2, -0.15) is 0 Å². The lowest BCUT2D eigenvalue weighted by atomic mass is 10.0. The maximum Gasteiger partial charge on any atom is 0.472 e. The highest BCUT2D eigenvalue weighted by molar-refractivity contribution is 7.47. The number of carbonyl (C=O) groups excluding carboxylic acids is 1. The van der Waals surface area contributed by atoms with E-state index in [1.54, 1.807) is 6.08 Å². The van der Waals surface area contributed by atoms with Gasteiger partial charge in [-0.15, -0.1) is 0 Å². The molecule has 0 rings (SSSR count). The molecule has 1 amide bonds. The Morgan fingerprint density at radius 2 is 0.779 bits per heavy atom. The average Bonchev–Trinajstić information content (AvgIpc) is 3.39. The molecule has 8 nitrogen and oxygen atoms in total. The lowest BCUT2D eigenvalue weighted by Crippen LogP contribution is -2.45. The first-order valence-corrected chi connectivity index (χ1v) is 33.6. The van der Waals surface area contributed by atoms with Crippen molar-refractivity contribution in [2.75, 3.05) is 40.9 Å². The summed E-state index contributed by atoms with van der Waals surface area (Å²) in [5, 5.41) is 14.0. The number of amides is 1. The summed E-state index contributed by atoms with van der Waals surface area (Å²) in [6.45, 7) is 4.72. The lowest BCUT2D eigenvalue weighted by Gasteiger charge is -2.25. The highest BCUT2D eigenvalue weighted by Gasteiger charge is 2.27.